The van der Waals surface area contributed by atoms with E-state index in [1.807, 2.05) is 55.5 Å². The molecule has 7 rings (SSSR count). The maximum absolute atomic E-state index is 14.1. The van der Waals surface area contributed by atoms with Crippen LogP contribution in [-0.2, 0) is 17.9 Å². The van der Waals surface area contributed by atoms with Crippen LogP contribution in [0.25, 0.3) is 33.4 Å². The van der Waals surface area contributed by atoms with Gasteiger partial charge in [0.2, 0.25) is 5.88 Å². The number of aromatic nitrogens is 4. The molecule has 1 atom stereocenters. The first kappa shape index (κ1) is 39.4. The van der Waals surface area contributed by atoms with Crippen LogP contribution in [0.15, 0.2) is 60.8 Å². The van der Waals surface area contributed by atoms with Gasteiger partial charge in [0.15, 0.2) is 11.6 Å². The fourth-order valence-electron chi connectivity index (χ4n) is 8.00. The Morgan fingerprint density at radius 1 is 1.04 bits per heavy atom. The number of pyridine rings is 2. The molecule has 294 valence electrons. The second-order valence-corrected chi connectivity index (χ2v) is 15.4. The highest BCUT2D eigenvalue weighted by molar-refractivity contribution is 6.36. The number of β-amino-alcohol motifs (C(OH)–C–C–N with tert-alkyl or cyclic N) is 1. The predicted molar refractivity (Wildman–Crippen MR) is 212 cm³/mol. The van der Waals surface area contributed by atoms with Crippen LogP contribution in [0.2, 0.25) is 5.02 Å². The summed E-state index contributed by atoms with van der Waals surface area (Å²) in [4.78, 5) is 33.5. The number of aliphatic carboxylic acids is 1. The molecule has 4 heterocycles. The van der Waals surface area contributed by atoms with Gasteiger partial charge in [0.1, 0.15) is 5.52 Å². The second-order valence-electron chi connectivity index (χ2n) is 15.0. The monoisotopic (exact) mass is 785 g/mol. The van der Waals surface area contributed by atoms with Crippen molar-refractivity contribution in [1.29, 1.82) is 0 Å². The first-order chi connectivity index (χ1) is 27.0. The van der Waals surface area contributed by atoms with Crippen LogP contribution in [0, 0.1) is 18.8 Å². The number of hydrogen-bond donors (Lipinski definition) is 3. The van der Waals surface area contributed by atoms with Crippen molar-refractivity contribution >= 4 is 40.1 Å². The van der Waals surface area contributed by atoms with Gasteiger partial charge < -0.3 is 25.2 Å². The highest BCUT2D eigenvalue weighted by Gasteiger charge is 2.27. The van der Waals surface area contributed by atoms with Crippen molar-refractivity contribution in [2.45, 2.75) is 64.6 Å². The summed E-state index contributed by atoms with van der Waals surface area (Å²) in [5.74, 6) is -0.394. The lowest BCUT2D eigenvalue weighted by molar-refractivity contribution is -0.143. The van der Waals surface area contributed by atoms with Gasteiger partial charge in [0.05, 0.1) is 35.4 Å². The summed E-state index contributed by atoms with van der Waals surface area (Å²) < 4.78 is 33.9. The highest BCUT2D eigenvalue weighted by Crippen LogP contribution is 2.40. The number of ether oxygens (including phenoxy) is 1. The zero-order valence-corrected chi connectivity index (χ0v) is 32.4. The van der Waals surface area contributed by atoms with E-state index >= 15 is 0 Å². The Kier molecular flexibility index (Phi) is 12.1. The Labute approximate surface area is 329 Å². The van der Waals surface area contributed by atoms with Gasteiger partial charge in [-0.05, 0) is 86.9 Å². The summed E-state index contributed by atoms with van der Waals surface area (Å²) in [6.45, 7) is 5.25. The van der Waals surface area contributed by atoms with E-state index in [-0.39, 0.29) is 17.8 Å². The van der Waals surface area contributed by atoms with E-state index in [0.29, 0.717) is 65.3 Å². The first-order valence-corrected chi connectivity index (χ1v) is 19.3. The first-order valence-electron chi connectivity index (χ1n) is 18.9. The molecule has 1 saturated carbocycles. The molecule has 0 radical (unpaired) electrons. The number of aliphatic hydroxyl groups excluding tert-OH is 1. The maximum atomic E-state index is 14.1. The molecular weight excluding hydrogens is 740 g/mol. The lowest BCUT2D eigenvalue weighted by Crippen LogP contribution is -2.30. The molecule has 3 aromatic heterocycles. The van der Waals surface area contributed by atoms with Crippen molar-refractivity contribution in [2.75, 3.05) is 39.1 Å². The molecule has 11 nitrogen and oxygen atoms in total. The topological polar surface area (TPSA) is 137 Å². The molecule has 5 aromatic rings. The van der Waals surface area contributed by atoms with Crippen LogP contribution in [0.5, 0.6) is 5.88 Å². The standard InChI is InChI=1S/C42H46ClF2N7O4/c1-24-30(6-5-9-33(24)47-39-37-35(48-40(50-39)38(44)45)18-26(19-46-37)21-52-17-16-29(53)23-52)31-7-4-8-32(36(31)43)34-15-14-28(41(49-34)56-3)22-51(2)20-25-10-12-27(13-11-25)42(54)55/h4-9,14-15,18-19,25,27,29,38,53H,10-13,16-17,20-23H2,1-3H3,(H,54,55)(H,47,48,50)/t25?,27?,29-/m1/s1. The molecule has 2 fully saturated rings. The van der Waals surface area contributed by atoms with Crippen LogP contribution in [-0.4, -0.2) is 85.8 Å². The molecule has 0 spiro atoms. The molecule has 3 N–H and O–H groups in total. The van der Waals surface area contributed by atoms with Gasteiger partial charge in [-0.2, -0.15) is 0 Å². The number of likely N-dealkylation sites (tertiary alicyclic amines) is 1. The fourth-order valence-corrected chi connectivity index (χ4v) is 8.32. The summed E-state index contributed by atoms with van der Waals surface area (Å²) in [5.41, 5.74) is 6.85. The quantitative estimate of drug-likeness (QED) is 0.106. The number of nitrogens with zero attached hydrogens (tertiary/aromatic N) is 6. The third-order valence-electron chi connectivity index (χ3n) is 10.9. The van der Waals surface area contributed by atoms with Crippen LogP contribution < -0.4 is 10.1 Å². The molecule has 1 saturated heterocycles. The summed E-state index contributed by atoms with van der Waals surface area (Å²) in [6.07, 6.45) is 2.40. The second kappa shape index (κ2) is 17.1. The summed E-state index contributed by atoms with van der Waals surface area (Å²) in [7, 11) is 3.66. The van der Waals surface area contributed by atoms with Crippen LogP contribution in [0.4, 0.5) is 20.3 Å². The number of rotatable bonds is 13. The van der Waals surface area contributed by atoms with Gasteiger partial charge in [-0.25, -0.2) is 23.7 Å². The number of halogens is 3. The normalized spacial score (nSPS) is 18.9. The van der Waals surface area contributed by atoms with Gasteiger partial charge in [0, 0.05) is 61.3 Å². The predicted octanol–water partition coefficient (Wildman–Crippen LogP) is 8.29. The molecular formula is C42H46ClF2N7O4. The van der Waals surface area contributed by atoms with E-state index in [4.69, 9.17) is 21.3 Å². The van der Waals surface area contributed by atoms with Crippen LogP contribution in [0.1, 0.15) is 61.0 Å². The van der Waals surface area contributed by atoms with Crippen LogP contribution >= 0.6 is 11.6 Å². The Bertz CT molecular complexity index is 2220. The minimum absolute atomic E-state index is 0.168. The number of methoxy groups -OCH3 is 1. The zero-order valence-electron chi connectivity index (χ0n) is 31.7. The van der Waals surface area contributed by atoms with Crippen molar-refractivity contribution in [3.63, 3.8) is 0 Å². The van der Waals surface area contributed by atoms with Crippen molar-refractivity contribution in [3.8, 4) is 28.3 Å². The van der Waals surface area contributed by atoms with Gasteiger partial charge in [-0.15, -0.1) is 0 Å². The number of hydrogen-bond acceptors (Lipinski definition) is 10. The number of carboxylic acids is 1. The number of alkyl halides is 2. The average molecular weight is 786 g/mol. The fraction of sp³-hybridized carbons (Fsp3) is 0.405. The largest absolute Gasteiger partial charge is 0.481 e. The van der Waals surface area contributed by atoms with Crippen molar-refractivity contribution < 1.29 is 28.5 Å². The summed E-state index contributed by atoms with van der Waals surface area (Å²) in [6, 6.07) is 17.1. The van der Waals surface area contributed by atoms with Crippen molar-refractivity contribution in [1.82, 2.24) is 29.7 Å². The van der Waals surface area contributed by atoms with Crippen molar-refractivity contribution in [2.24, 2.45) is 11.8 Å². The Morgan fingerprint density at radius 2 is 1.79 bits per heavy atom. The lowest BCUT2D eigenvalue weighted by Gasteiger charge is -2.29. The van der Waals surface area contributed by atoms with E-state index < -0.39 is 18.2 Å². The molecule has 2 aliphatic rings. The van der Waals surface area contributed by atoms with Crippen molar-refractivity contribution in [3.05, 3.63) is 88.3 Å². The number of anilines is 2. The molecule has 2 aromatic carbocycles. The van der Waals surface area contributed by atoms with E-state index in [2.05, 4.69) is 37.1 Å². The molecule has 56 heavy (non-hydrogen) atoms. The number of benzene rings is 2. The molecule has 0 unspecified atom stereocenters. The smallest absolute Gasteiger partial charge is 0.306 e. The Morgan fingerprint density at radius 3 is 2.50 bits per heavy atom. The van der Waals surface area contributed by atoms with E-state index in [1.165, 1.54) is 0 Å². The van der Waals surface area contributed by atoms with Gasteiger partial charge in [0.25, 0.3) is 6.43 Å². The summed E-state index contributed by atoms with van der Waals surface area (Å²) >= 11 is 7.16. The van der Waals surface area contributed by atoms with Gasteiger partial charge >= 0.3 is 5.97 Å². The molecule has 1 aliphatic carbocycles. The summed E-state index contributed by atoms with van der Waals surface area (Å²) in [5, 5.41) is 23.0. The minimum atomic E-state index is -2.88. The third-order valence-corrected chi connectivity index (χ3v) is 11.4. The van der Waals surface area contributed by atoms with E-state index in [9.17, 15) is 23.8 Å². The molecule has 0 amide bonds. The van der Waals surface area contributed by atoms with Crippen LogP contribution in [0.3, 0.4) is 0 Å². The Balaban J connectivity index is 1.12. The van der Waals surface area contributed by atoms with Gasteiger partial charge in [-0.3, -0.25) is 14.7 Å². The van der Waals surface area contributed by atoms with E-state index in [1.54, 1.807) is 19.4 Å². The minimum Gasteiger partial charge on any atom is -0.481 e. The third kappa shape index (κ3) is 8.76. The average Bonchev–Trinajstić information content (AvgIpc) is 3.59. The van der Waals surface area contributed by atoms with Gasteiger partial charge in [-0.1, -0.05) is 48.0 Å². The maximum Gasteiger partial charge on any atom is 0.306 e. The van der Waals surface area contributed by atoms with E-state index in [0.717, 1.165) is 72.2 Å². The number of nitrogens with one attached hydrogen (secondary N) is 1. The number of fused-ring (bicyclic) bond motifs is 1. The molecule has 1 aliphatic heterocycles. The molecule has 0 bridgehead atoms. The number of carboxylic acid groups (broad SMARTS) is 1. The lowest BCUT2D eigenvalue weighted by atomic mass is 9.82. The molecule has 14 heteroatoms. The SMILES string of the molecule is COc1nc(-c2cccc(-c3cccc(Nc4nc(C(F)F)nc5cc(CN6CC[C@@H](O)C6)cnc45)c3C)c2Cl)ccc1CN(C)CC1CCC(C(=O)O)CC1. The Hall–Kier alpha value is -4.82. The number of carbonyl (C=O) groups is 1. The number of aliphatic hydroxyl groups is 1. The highest BCUT2D eigenvalue weighted by atomic mass is 35.5. The zero-order chi connectivity index (χ0) is 39.5.